The molecule has 5 heteroatoms. The first-order valence-corrected chi connectivity index (χ1v) is 6.96. The maximum absolute atomic E-state index is 11.7. The number of nitrogens with two attached hydrogens (primary N) is 1. The number of hydrogen-bond donors (Lipinski definition) is 1. The van der Waals surface area contributed by atoms with E-state index in [1.807, 2.05) is 25.1 Å². The summed E-state index contributed by atoms with van der Waals surface area (Å²) in [7, 11) is 0. The van der Waals surface area contributed by atoms with Crippen LogP contribution in [0, 0.1) is 5.92 Å². The molecular formula is C14H19ClN2O2. The number of benzene rings is 1. The smallest absolute Gasteiger partial charge is 0.309 e. The monoisotopic (exact) mass is 282 g/mol. The second-order valence-electron chi connectivity index (χ2n) is 4.72. The van der Waals surface area contributed by atoms with Crippen molar-refractivity contribution in [3.05, 3.63) is 23.2 Å². The SMILES string of the molecule is CCOC(=O)C1CCN(c2ccc(N)c(Cl)c2)CC1. The zero-order chi connectivity index (χ0) is 13.8. The number of piperidine rings is 1. The summed E-state index contributed by atoms with van der Waals surface area (Å²) >= 11 is 6.03. The average molecular weight is 283 g/mol. The van der Waals surface area contributed by atoms with Gasteiger partial charge in [-0.25, -0.2) is 0 Å². The fourth-order valence-electron chi connectivity index (χ4n) is 2.35. The van der Waals surface area contributed by atoms with Crippen LogP contribution >= 0.6 is 11.6 Å². The van der Waals surface area contributed by atoms with Crippen molar-refractivity contribution < 1.29 is 9.53 Å². The van der Waals surface area contributed by atoms with Gasteiger partial charge in [0.2, 0.25) is 0 Å². The van der Waals surface area contributed by atoms with Crippen LogP contribution in [-0.4, -0.2) is 25.7 Å². The van der Waals surface area contributed by atoms with Crippen molar-refractivity contribution in [1.29, 1.82) is 0 Å². The molecule has 1 saturated heterocycles. The highest BCUT2D eigenvalue weighted by molar-refractivity contribution is 6.33. The Bertz CT molecular complexity index is 457. The van der Waals surface area contributed by atoms with Gasteiger partial charge in [-0.3, -0.25) is 4.79 Å². The zero-order valence-corrected chi connectivity index (χ0v) is 11.8. The topological polar surface area (TPSA) is 55.6 Å². The Hall–Kier alpha value is -1.42. The molecule has 19 heavy (non-hydrogen) atoms. The fourth-order valence-corrected chi connectivity index (χ4v) is 2.52. The van der Waals surface area contributed by atoms with Crippen LogP contribution in [0.5, 0.6) is 0 Å². The van der Waals surface area contributed by atoms with E-state index in [1.54, 1.807) is 0 Å². The molecular weight excluding hydrogens is 264 g/mol. The number of ether oxygens (including phenoxy) is 1. The second-order valence-corrected chi connectivity index (χ2v) is 5.13. The summed E-state index contributed by atoms with van der Waals surface area (Å²) in [6.45, 7) is 3.96. The molecule has 2 rings (SSSR count). The van der Waals surface area contributed by atoms with Gasteiger partial charge in [0.15, 0.2) is 0 Å². The van der Waals surface area contributed by atoms with Crippen LogP contribution in [-0.2, 0) is 9.53 Å². The molecule has 1 aromatic rings. The first kappa shape index (κ1) is 14.0. The predicted octanol–water partition coefficient (Wildman–Crippen LogP) is 2.70. The summed E-state index contributed by atoms with van der Waals surface area (Å²) in [5, 5.41) is 0.574. The Morgan fingerprint density at radius 1 is 1.47 bits per heavy atom. The van der Waals surface area contributed by atoms with Crippen molar-refractivity contribution in [2.75, 3.05) is 30.3 Å². The summed E-state index contributed by atoms with van der Waals surface area (Å²) in [5.41, 5.74) is 7.35. The van der Waals surface area contributed by atoms with Crippen molar-refractivity contribution in [1.82, 2.24) is 0 Å². The molecule has 0 atom stereocenters. The Balaban J connectivity index is 1.96. The number of nitrogens with zero attached hydrogens (tertiary/aromatic N) is 1. The molecule has 104 valence electrons. The molecule has 0 unspecified atom stereocenters. The van der Waals surface area contributed by atoms with Gasteiger partial charge in [0.25, 0.3) is 0 Å². The third-order valence-electron chi connectivity index (χ3n) is 3.46. The van der Waals surface area contributed by atoms with Crippen LogP contribution in [0.15, 0.2) is 18.2 Å². The van der Waals surface area contributed by atoms with E-state index in [0.717, 1.165) is 31.6 Å². The van der Waals surface area contributed by atoms with Crippen molar-refractivity contribution in [2.45, 2.75) is 19.8 Å². The van der Waals surface area contributed by atoms with Gasteiger partial charge in [0.05, 0.1) is 23.2 Å². The maximum Gasteiger partial charge on any atom is 0.309 e. The number of halogens is 1. The molecule has 1 fully saturated rings. The molecule has 1 aliphatic rings. The summed E-state index contributed by atoms with van der Waals surface area (Å²) < 4.78 is 5.06. The third-order valence-corrected chi connectivity index (χ3v) is 3.79. The predicted molar refractivity (Wildman–Crippen MR) is 77.4 cm³/mol. The van der Waals surface area contributed by atoms with Crippen molar-refractivity contribution in [3.8, 4) is 0 Å². The number of nitrogen functional groups attached to an aromatic ring is 1. The molecule has 0 aromatic heterocycles. The van der Waals surface area contributed by atoms with Gasteiger partial charge >= 0.3 is 5.97 Å². The molecule has 4 nitrogen and oxygen atoms in total. The highest BCUT2D eigenvalue weighted by Gasteiger charge is 2.26. The minimum Gasteiger partial charge on any atom is -0.466 e. The van der Waals surface area contributed by atoms with Crippen LogP contribution < -0.4 is 10.6 Å². The van der Waals surface area contributed by atoms with Gasteiger partial charge in [-0.1, -0.05) is 11.6 Å². The van der Waals surface area contributed by atoms with Crippen LogP contribution in [0.2, 0.25) is 5.02 Å². The van der Waals surface area contributed by atoms with E-state index in [1.165, 1.54) is 0 Å². The third kappa shape index (κ3) is 3.32. The zero-order valence-electron chi connectivity index (χ0n) is 11.1. The molecule has 0 radical (unpaired) electrons. The number of carbonyl (C=O) groups excluding carboxylic acids is 1. The van der Waals surface area contributed by atoms with E-state index < -0.39 is 0 Å². The Kier molecular flexibility index (Phi) is 4.53. The minimum absolute atomic E-state index is 0.0282. The van der Waals surface area contributed by atoms with E-state index in [0.29, 0.717) is 17.3 Å². The normalized spacial score (nSPS) is 16.4. The van der Waals surface area contributed by atoms with Crippen LogP contribution in [0.1, 0.15) is 19.8 Å². The maximum atomic E-state index is 11.7. The Morgan fingerprint density at radius 3 is 2.74 bits per heavy atom. The summed E-state index contributed by atoms with van der Waals surface area (Å²) in [6.07, 6.45) is 1.64. The van der Waals surface area contributed by atoms with Gasteiger partial charge in [-0.15, -0.1) is 0 Å². The van der Waals surface area contributed by atoms with Gasteiger partial charge < -0.3 is 15.4 Å². The van der Waals surface area contributed by atoms with E-state index >= 15 is 0 Å². The number of hydrogen-bond acceptors (Lipinski definition) is 4. The fraction of sp³-hybridized carbons (Fsp3) is 0.500. The van der Waals surface area contributed by atoms with E-state index in [4.69, 9.17) is 22.1 Å². The summed E-state index contributed by atoms with van der Waals surface area (Å²) in [5.74, 6) is -0.0436. The number of anilines is 2. The van der Waals surface area contributed by atoms with Crippen LogP contribution in [0.3, 0.4) is 0 Å². The standard InChI is InChI=1S/C14H19ClN2O2/c1-2-19-14(18)10-5-7-17(8-6-10)11-3-4-13(16)12(15)9-11/h3-4,9-10H,2,5-8,16H2,1H3. The lowest BCUT2D eigenvalue weighted by Crippen LogP contribution is -2.36. The first-order chi connectivity index (χ1) is 9.11. The highest BCUT2D eigenvalue weighted by atomic mass is 35.5. The quantitative estimate of drug-likeness (QED) is 0.684. The Morgan fingerprint density at radius 2 is 2.16 bits per heavy atom. The summed E-state index contributed by atoms with van der Waals surface area (Å²) in [4.78, 5) is 13.9. The molecule has 0 bridgehead atoms. The minimum atomic E-state index is -0.0718. The first-order valence-electron chi connectivity index (χ1n) is 6.58. The Labute approximate surface area is 118 Å². The number of esters is 1. The van der Waals surface area contributed by atoms with Crippen molar-refractivity contribution in [2.24, 2.45) is 5.92 Å². The van der Waals surface area contributed by atoms with Gasteiger partial charge in [-0.05, 0) is 38.0 Å². The molecule has 1 heterocycles. The molecule has 0 saturated carbocycles. The molecule has 2 N–H and O–H groups in total. The van der Waals surface area contributed by atoms with Crippen molar-refractivity contribution in [3.63, 3.8) is 0 Å². The molecule has 0 amide bonds. The number of carbonyl (C=O) groups is 1. The van der Waals surface area contributed by atoms with E-state index in [-0.39, 0.29) is 11.9 Å². The van der Waals surface area contributed by atoms with Gasteiger partial charge in [-0.2, -0.15) is 0 Å². The molecule has 0 aliphatic carbocycles. The molecule has 1 aliphatic heterocycles. The summed E-state index contributed by atoms with van der Waals surface area (Å²) in [6, 6.07) is 5.66. The number of rotatable bonds is 3. The molecule has 1 aromatic carbocycles. The van der Waals surface area contributed by atoms with E-state index in [9.17, 15) is 4.79 Å². The lowest BCUT2D eigenvalue weighted by atomic mass is 9.96. The van der Waals surface area contributed by atoms with Crippen molar-refractivity contribution >= 4 is 28.9 Å². The lowest BCUT2D eigenvalue weighted by molar-refractivity contribution is -0.148. The molecule has 0 spiro atoms. The van der Waals surface area contributed by atoms with Crippen LogP contribution in [0.4, 0.5) is 11.4 Å². The lowest BCUT2D eigenvalue weighted by Gasteiger charge is -2.32. The largest absolute Gasteiger partial charge is 0.466 e. The van der Waals surface area contributed by atoms with Crippen LogP contribution in [0.25, 0.3) is 0 Å². The van der Waals surface area contributed by atoms with Gasteiger partial charge in [0, 0.05) is 18.8 Å². The average Bonchev–Trinajstić information content (AvgIpc) is 2.42. The highest BCUT2D eigenvalue weighted by Crippen LogP contribution is 2.28. The van der Waals surface area contributed by atoms with E-state index in [2.05, 4.69) is 4.90 Å². The van der Waals surface area contributed by atoms with Gasteiger partial charge in [0.1, 0.15) is 0 Å². The second kappa shape index (κ2) is 6.15.